The van der Waals surface area contributed by atoms with Crippen LogP contribution in [0.3, 0.4) is 0 Å². The number of nitrogens with zero attached hydrogens (tertiary/aromatic N) is 3. The van der Waals surface area contributed by atoms with Crippen molar-refractivity contribution < 1.29 is 19.1 Å². The number of aryl methyl sites for hydroxylation is 2. The highest BCUT2D eigenvalue weighted by atomic mass is 16.5. The number of aromatic nitrogens is 2. The van der Waals surface area contributed by atoms with Gasteiger partial charge in [-0.1, -0.05) is 23.8 Å². The number of benzene rings is 2. The molecular formula is C29H24N4O5. The van der Waals surface area contributed by atoms with Crippen molar-refractivity contribution in [2.24, 2.45) is 0 Å². The van der Waals surface area contributed by atoms with Gasteiger partial charge in [-0.3, -0.25) is 14.0 Å². The first-order valence-electron chi connectivity index (χ1n) is 11.8. The molecule has 0 bridgehead atoms. The van der Waals surface area contributed by atoms with Crippen LogP contribution in [0.25, 0.3) is 11.7 Å². The number of pyridine rings is 1. The lowest BCUT2D eigenvalue weighted by Crippen LogP contribution is -2.20. The predicted octanol–water partition coefficient (Wildman–Crippen LogP) is 4.83. The van der Waals surface area contributed by atoms with Gasteiger partial charge in [-0.25, -0.2) is 4.79 Å². The number of fused-ring (bicyclic) bond motifs is 1. The predicted molar refractivity (Wildman–Crippen MR) is 142 cm³/mol. The summed E-state index contributed by atoms with van der Waals surface area (Å²) in [4.78, 5) is 42.6. The van der Waals surface area contributed by atoms with Gasteiger partial charge in [-0.15, -0.1) is 0 Å². The highest BCUT2D eigenvalue weighted by molar-refractivity contribution is 6.10. The maximum atomic E-state index is 13.4. The lowest BCUT2D eigenvalue weighted by molar-refractivity contribution is -0.112. The third-order valence-electron chi connectivity index (χ3n) is 5.58. The molecule has 0 spiro atoms. The van der Waals surface area contributed by atoms with Crippen LogP contribution >= 0.6 is 0 Å². The van der Waals surface area contributed by atoms with Crippen LogP contribution < -0.4 is 15.6 Å². The van der Waals surface area contributed by atoms with Gasteiger partial charge in [0.1, 0.15) is 28.6 Å². The van der Waals surface area contributed by atoms with Crippen LogP contribution in [0.2, 0.25) is 0 Å². The lowest BCUT2D eigenvalue weighted by atomic mass is 10.1. The Labute approximate surface area is 218 Å². The molecule has 2 aromatic heterocycles. The van der Waals surface area contributed by atoms with E-state index in [-0.39, 0.29) is 23.6 Å². The van der Waals surface area contributed by atoms with Crippen molar-refractivity contribution in [3.63, 3.8) is 0 Å². The van der Waals surface area contributed by atoms with E-state index in [1.807, 2.05) is 32.0 Å². The van der Waals surface area contributed by atoms with Crippen molar-refractivity contribution >= 4 is 29.3 Å². The SMILES string of the molecule is CCOC(=O)c1ccc(NC(=O)/C(C#N)=C\c2c(Oc3ccc(C)cc3C)nc3ccccn3c2=O)cc1. The molecule has 0 aliphatic rings. The maximum absolute atomic E-state index is 13.4. The van der Waals surface area contributed by atoms with Gasteiger partial charge >= 0.3 is 5.97 Å². The third kappa shape index (κ3) is 5.60. The van der Waals surface area contributed by atoms with Gasteiger partial charge in [0.2, 0.25) is 5.88 Å². The number of nitrogens with one attached hydrogen (secondary N) is 1. The molecule has 0 radical (unpaired) electrons. The number of amides is 1. The molecule has 0 aliphatic heterocycles. The molecule has 0 atom stereocenters. The summed E-state index contributed by atoms with van der Waals surface area (Å²) >= 11 is 0. The third-order valence-corrected chi connectivity index (χ3v) is 5.58. The van der Waals surface area contributed by atoms with Gasteiger partial charge in [0.25, 0.3) is 11.5 Å². The van der Waals surface area contributed by atoms with Crippen LogP contribution in [0.5, 0.6) is 11.6 Å². The van der Waals surface area contributed by atoms with E-state index >= 15 is 0 Å². The number of hydrogen-bond acceptors (Lipinski definition) is 7. The van der Waals surface area contributed by atoms with E-state index in [1.165, 1.54) is 28.7 Å². The summed E-state index contributed by atoms with van der Waals surface area (Å²) in [6.07, 6.45) is 2.70. The average molecular weight is 509 g/mol. The Morgan fingerprint density at radius 3 is 2.55 bits per heavy atom. The molecule has 9 nitrogen and oxygen atoms in total. The molecule has 0 aliphatic carbocycles. The first-order valence-corrected chi connectivity index (χ1v) is 11.8. The number of nitriles is 1. The van der Waals surface area contributed by atoms with E-state index in [0.717, 1.165) is 17.2 Å². The van der Waals surface area contributed by atoms with E-state index in [0.29, 0.717) is 22.6 Å². The molecule has 0 unspecified atom stereocenters. The number of carbonyl (C=O) groups excluding carboxylic acids is 2. The lowest BCUT2D eigenvalue weighted by Gasteiger charge is -2.12. The zero-order valence-corrected chi connectivity index (χ0v) is 21.0. The summed E-state index contributed by atoms with van der Waals surface area (Å²) in [6.45, 7) is 5.77. The number of carbonyl (C=O) groups is 2. The van der Waals surface area contributed by atoms with E-state index in [2.05, 4.69) is 10.3 Å². The molecule has 2 heterocycles. The van der Waals surface area contributed by atoms with Gasteiger partial charge in [0.05, 0.1) is 12.2 Å². The summed E-state index contributed by atoms with van der Waals surface area (Å²) in [5, 5.41) is 12.4. The normalized spacial score (nSPS) is 11.1. The first-order chi connectivity index (χ1) is 18.3. The second-order valence-electron chi connectivity index (χ2n) is 8.36. The zero-order chi connectivity index (χ0) is 27.2. The Kier molecular flexibility index (Phi) is 7.63. The smallest absolute Gasteiger partial charge is 0.338 e. The molecule has 0 fully saturated rings. The van der Waals surface area contributed by atoms with Crippen LogP contribution in [0.1, 0.15) is 34.0 Å². The zero-order valence-electron chi connectivity index (χ0n) is 21.0. The van der Waals surface area contributed by atoms with Crippen LogP contribution in [0.15, 0.2) is 77.2 Å². The molecule has 4 aromatic rings. The Bertz CT molecular complexity index is 1660. The second-order valence-corrected chi connectivity index (χ2v) is 8.36. The summed E-state index contributed by atoms with van der Waals surface area (Å²) < 4.78 is 12.3. The van der Waals surface area contributed by atoms with Crippen molar-refractivity contribution in [1.29, 1.82) is 5.26 Å². The quantitative estimate of drug-likeness (QED) is 0.216. The van der Waals surface area contributed by atoms with Gasteiger partial charge in [0.15, 0.2) is 0 Å². The number of hydrogen-bond donors (Lipinski definition) is 1. The summed E-state index contributed by atoms with van der Waals surface area (Å²) in [7, 11) is 0. The Balaban J connectivity index is 1.71. The Hall–Kier alpha value is -5.23. The summed E-state index contributed by atoms with van der Waals surface area (Å²) in [6, 6.07) is 18.5. The maximum Gasteiger partial charge on any atom is 0.338 e. The van der Waals surface area contributed by atoms with Crippen molar-refractivity contribution in [3.8, 4) is 17.7 Å². The van der Waals surface area contributed by atoms with Gasteiger partial charge < -0.3 is 14.8 Å². The van der Waals surface area contributed by atoms with Crippen LogP contribution in [-0.2, 0) is 9.53 Å². The van der Waals surface area contributed by atoms with Gasteiger partial charge in [-0.2, -0.15) is 10.2 Å². The Morgan fingerprint density at radius 2 is 1.87 bits per heavy atom. The molecule has 0 saturated carbocycles. The molecular weight excluding hydrogens is 484 g/mol. The molecule has 1 N–H and O–H groups in total. The standard InChI is InChI=1S/C29H24N4O5/c1-4-37-29(36)20-9-11-22(12-10-20)31-26(34)21(17-30)16-23-27(38-24-13-8-18(2)15-19(24)3)32-25-7-5-6-14-33(25)28(23)35/h5-16H,4H2,1-3H3,(H,31,34)/b21-16-. The summed E-state index contributed by atoms with van der Waals surface area (Å²) in [5.41, 5.74) is 2.00. The molecule has 4 rings (SSSR count). The fourth-order valence-corrected chi connectivity index (χ4v) is 3.70. The van der Waals surface area contributed by atoms with Crippen molar-refractivity contribution in [2.75, 3.05) is 11.9 Å². The fourth-order valence-electron chi connectivity index (χ4n) is 3.70. The fraction of sp³-hybridized carbons (Fsp3) is 0.138. The van der Waals surface area contributed by atoms with Crippen molar-refractivity contribution in [1.82, 2.24) is 9.38 Å². The van der Waals surface area contributed by atoms with E-state index in [1.54, 1.807) is 37.4 Å². The molecule has 0 saturated heterocycles. The highest BCUT2D eigenvalue weighted by Gasteiger charge is 2.18. The minimum atomic E-state index is -0.744. The largest absolute Gasteiger partial charge is 0.462 e. The monoisotopic (exact) mass is 508 g/mol. The van der Waals surface area contributed by atoms with Crippen molar-refractivity contribution in [2.45, 2.75) is 20.8 Å². The molecule has 1 amide bonds. The summed E-state index contributed by atoms with van der Waals surface area (Å²) in [5.74, 6) is -0.774. The second kappa shape index (κ2) is 11.2. The van der Waals surface area contributed by atoms with E-state index in [4.69, 9.17) is 9.47 Å². The number of esters is 1. The van der Waals surface area contributed by atoms with E-state index < -0.39 is 17.4 Å². The minimum Gasteiger partial charge on any atom is -0.462 e. The van der Waals surface area contributed by atoms with Crippen LogP contribution in [0.4, 0.5) is 5.69 Å². The van der Waals surface area contributed by atoms with Crippen LogP contribution in [0, 0.1) is 25.2 Å². The number of ether oxygens (including phenoxy) is 2. The Morgan fingerprint density at radius 1 is 1.11 bits per heavy atom. The van der Waals surface area contributed by atoms with Gasteiger partial charge in [-0.05, 0) is 74.9 Å². The molecule has 2 aromatic carbocycles. The van der Waals surface area contributed by atoms with Crippen molar-refractivity contribution in [3.05, 3.63) is 105 Å². The van der Waals surface area contributed by atoms with Crippen LogP contribution in [-0.4, -0.2) is 27.9 Å². The highest BCUT2D eigenvalue weighted by Crippen LogP contribution is 2.27. The number of anilines is 1. The first kappa shape index (κ1) is 25.9. The van der Waals surface area contributed by atoms with E-state index in [9.17, 15) is 19.6 Å². The topological polar surface area (TPSA) is 123 Å². The average Bonchev–Trinajstić information content (AvgIpc) is 2.90. The van der Waals surface area contributed by atoms with Gasteiger partial charge in [0, 0.05) is 11.9 Å². The molecule has 38 heavy (non-hydrogen) atoms. The molecule has 190 valence electrons. The molecule has 9 heteroatoms. The number of rotatable bonds is 7. The minimum absolute atomic E-state index is 0.0347.